The lowest BCUT2D eigenvalue weighted by molar-refractivity contribution is -0.116. The van der Waals surface area contributed by atoms with Gasteiger partial charge in [-0.15, -0.1) is 0 Å². The fourth-order valence-corrected chi connectivity index (χ4v) is 2.30. The molecule has 0 atom stereocenters. The summed E-state index contributed by atoms with van der Waals surface area (Å²) in [6, 6.07) is 10.4. The van der Waals surface area contributed by atoms with E-state index in [9.17, 15) is 14.9 Å². The van der Waals surface area contributed by atoms with Gasteiger partial charge < -0.3 is 9.09 Å². The Morgan fingerprint density at radius 2 is 2.13 bits per heavy atom. The Balaban J connectivity index is 1.94. The monoisotopic (exact) mass is 308 g/mol. The molecule has 0 aliphatic heterocycles. The van der Waals surface area contributed by atoms with Crippen molar-refractivity contribution in [1.82, 2.24) is 9.72 Å². The number of carbonyl (C=O) groups is 1. The van der Waals surface area contributed by atoms with Gasteiger partial charge in [-0.3, -0.25) is 14.9 Å². The van der Waals surface area contributed by atoms with Crippen LogP contribution in [0.2, 0.25) is 0 Å². The van der Waals surface area contributed by atoms with E-state index in [1.807, 2.05) is 6.07 Å². The van der Waals surface area contributed by atoms with Crippen molar-refractivity contribution in [3.8, 4) is 6.07 Å². The number of hydrogen-bond donors (Lipinski definition) is 1. The lowest BCUT2D eigenvalue weighted by Crippen LogP contribution is -2.27. The Labute approximate surface area is 130 Å². The minimum Gasteiger partial charge on any atom is -0.338 e. The van der Waals surface area contributed by atoms with Crippen LogP contribution in [-0.4, -0.2) is 15.6 Å². The first kappa shape index (κ1) is 14.5. The van der Waals surface area contributed by atoms with Crippen molar-refractivity contribution in [2.45, 2.75) is 13.5 Å². The zero-order chi connectivity index (χ0) is 16.4. The molecule has 0 fully saturated rings. The fourth-order valence-electron chi connectivity index (χ4n) is 2.30. The lowest BCUT2D eigenvalue weighted by atomic mass is 10.1. The Morgan fingerprint density at radius 1 is 1.39 bits per heavy atom. The maximum absolute atomic E-state index is 12.4. The summed E-state index contributed by atoms with van der Waals surface area (Å²) < 4.78 is 6.10. The molecule has 0 radical (unpaired) electrons. The highest BCUT2D eigenvalue weighted by Crippen LogP contribution is 2.14. The average molecular weight is 308 g/mol. The first-order chi connectivity index (χ1) is 11.1. The molecule has 0 bridgehead atoms. The summed E-state index contributed by atoms with van der Waals surface area (Å²) in [6.07, 6.45) is 1.38. The van der Waals surface area contributed by atoms with E-state index in [0.29, 0.717) is 22.0 Å². The molecule has 114 valence electrons. The van der Waals surface area contributed by atoms with Crippen LogP contribution in [0.3, 0.4) is 0 Å². The van der Waals surface area contributed by atoms with Crippen LogP contribution in [0, 0.1) is 18.3 Å². The minimum atomic E-state index is -0.442. The largest absolute Gasteiger partial charge is 0.338 e. The predicted octanol–water partition coefficient (Wildman–Crippen LogP) is 1.81. The summed E-state index contributed by atoms with van der Waals surface area (Å²) in [4.78, 5) is 24.5. The fraction of sp³-hybridized carbons (Fsp3) is 0.125. The van der Waals surface area contributed by atoms with Gasteiger partial charge in [0.25, 0.3) is 5.56 Å². The van der Waals surface area contributed by atoms with Crippen LogP contribution in [0.25, 0.3) is 10.8 Å². The molecule has 2 heterocycles. The van der Waals surface area contributed by atoms with E-state index in [2.05, 4.69) is 10.5 Å². The molecule has 23 heavy (non-hydrogen) atoms. The number of aromatic nitrogens is 2. The van der Waals surface area contributed by atoms with Gasteiger partial charge in [0.15, 0.2) is 0 Å². The zero-order valence-electron chi connectivity index (χ0n) is 12.2. The van der Waals surface area contributed by atoms with E-state index in [1.165, 1.54) is 10.8 Å². The van der Waals surface area contributed by atoms with Crippen LogP contribution in [0.4, 0.5) is 5.88 Å². The molecule has 1 N–H and O–H groups in total. The molecular formula is C16H12N4O3. The molecule has 0 aliphatic rings. The summed E-state index contributed by atoms with van der Waals surface area (Å²) >= 11 is 0. The molecule has 3 aromatic rings. The number of rotatable bonds is 3. The molecule has 1 aromatic carbocycles. The second-order valence-corrected chi connectivity index (χ2v) is 5.01. The number of nitrogens with one attached hydrogen (secondary N) is 1. The number of fused-ring (bicyclic) bond motifs is 1. The van der Waals surface area contributed by atoms with Gasteiger partial charge in [-0.05, 0) is 13.0 Å². The highest BCUT2D eigenvalue weighted by Gasteiger charge is 2.12. The SMILES string of the molecule is Cc1cc(NC(=O)Cn2cc(C#N)c3ccccc3c2=O)on1. The van der Waals surface area contributed by atoms with E-state index < -0.39 is 5.91 Å². The Kier molecular flexibility index (Phi) is 3.65. The molecule has 0 aliphatic carbocycles. The quantitative estimate of drug-likeness (QED) is 0.795. The third-order valence-corrected chi connectivity index (χ3v) is 3.32. The molecule has 0 spiro atoms. The number of nitriles is 1. The number of pyridine rings is 1. The van der Waals surface area contributed by atoms with Crippen molar-refractivity contribution in [1.29, 1.82) is 5.26 Å². The molecule has 1 amide bonds. The summed E-state index contributed by atoms with van der Waals surface area (Å²) in [5, 5.41) is 16.4. The Morgan fingerprint density at radius 3 is 2.78 bits per heavy atom. The number of nitrogens with zero attached hydrogens (tertiary/aromatic N) is 3. The molecule has 0 saturated carbocycles. The number of carbonyl (C=O) groups excluding carboxylic acids is 1. The second-order valence-electron chi connectivity index (χ2n) is 5.01. The van der Waals surface area contributed by atoms with Crippen LogP contribution < -0.4 is 10.9 Å². The number of aryl methyl sites for hydroxylation is 1. The van der Waals surface area contributed by atoms with Crippen LogP contribution in [0.15, 0.2) is 45.8 Å². The van der Waals surface area contributed by atoms with E-state index in [4.69, 9.17) is 4.52 Å². The maximum Gasteiger partial charge on any atom is 0.258 e. The number of hydrogen-bond acceptors (Lipinski definition) is 5. The molecule has 7 heteroatoms. The van der Waals surface area contributed by atoms with Crippen molar-refractivity contribution in [2.75, 3.05) is 5.32 Å². The van der Waals surface area contributed by atoms with Crippen LogP contribution >= 0.6 is 0 Å². The molecule has 2 aromatic heterocycles. The van der Waals surface area contributed by atoms with Crippen molar-refractivity contribution < 1.29 is 9.32 Å². The number of benzene rings is 1. The van der Waals surface area contributed by atoms with Crippen LogP contribution in [0.1, 0.15) is 11.3 Å². The molecular weight excluding hydrogens is 296 g/mol. The molecule has 3 rings (SSSR count). The van der Waals surface area contributed by atoms with Crippen LogP contribution in [0.5, 0.6) is 0 Å². The summed E-state index contributed by atoms with van der Waals surface area (Å²) in [7, 11) is 0. The number of amides is 1. The number of anilines is 1. The van der Waals surface area contributed by atoms with Gasteiger partial charge in [-0.1, -0.05) is 23.4 Å². The average Bonchev–Trinajstić information content (AvgIpc) is 2.95. The summed E-state index contributed by atoms with van der Waals surface area (Å²) in [5.74, 6) is -0.232. The highest BCUT2D eigenvalue weighted by molar-refractivity contribution is 5.90. The summed E-state index contributed by atoms with van der Waals surface area (Å²) in [6.45, 7) is 1.50. The lowest BCUT2D eigenvalue weighted by Gasteiger charge is -2.08. The third kappa shape index (κ3) is 2.82. The first-order valence-corrected chi connectivity index (χ1v) is 6.84. The standard InChI is InChI=1S/C16H12N4O3/c1-10-6-15(23-19-10)18-14(21)9-20-8-11(7-17)12-4-2-3-5-13(12)16(20)22/h2-6,8H,9H2,1H3,(H,18,21). The smallest absolute Gasteiger partial charge is 0.258 e. The van der Waals surface area contributed by atoms with Gasteiger partial charge in [0, 0.05) is 23.0 Å². The van der Waals surface area contributed by atoms with Crippen LogP contribution in [-0.2, 0) is 11.3 Å². The van der Waals surface area contributed by atoms with Gasteiger partial charge in [0.2, 0.25) is 11.8 Å². The van der Waals surface area contributed by atoms with Gasteiger partial charge in [-0.25, -0.2) is 0 Å². The maximum atomic E-state index is 12.4. The zero-order valence-corrected chi connectivity index (χ0v) is 12.2. The highest BCUT2D eigenvalue weighted by atomic mass is 16.5. The summed E-state index contributed by atoms with van der Waals surface area (Å²) in [5.41, 5.74) is 0.641. The second kappa shape index (κ2) is 5.77. The van der Waals surface area contributed by atoms with Crippen molar-refractivity contribution >= 4 is 22.6 Å². The van der Waals surface area contributed by atoms with Crippen molar-refractivity contribution in [3.63, 3.8) is 0 Å². The van der Waals surface area contributed by atoms with E-state index in [0.717, 1.165) is 0 Å². The topological polar surface area (TPSA) is 101 Å². The van der Waals surface area contributed by atoms with Gasteiger partial charge in [0.05, 0.1) is 11.3 Å². The van der Waals surface area contributed by atoms with E-state index in [1.54, 1.807) is 37.3 Å². The molecule has 0 saturated heterocycles. The Bertz CT molecular complexity index is 994. The van der Waals surface area contributed by atoms with Crippen molar-refractivity contribution in [2.24, 2.45) is 0 Å². The normalized spacial score (nSPS) is 10.4. The van der Waals surface area contributed by atoms with Gasteiger partial charge >= 0.3 is 0 Å². The van der Waals surface area contributed by atoms with Gasteiger partial charge in [-0.2, -0.15) is 5.26 Å². The molecule has 0 unspecified atom stereocenters. The Hall–Kier alpha value is -3.40. The van der Waals surface area contributed by atoms with Gasteiger partial charge in [0.1, 0.15) is 12.6 Å². The van der Waals surface area contributed by atoms with E-state index in [-0.39, 0.29) is 18.0 Å². The predicted molar refractivity (Wildman–Crippen MR) is 82.8 cm³/mol. The van der Waals surface area contributed by atoms with E-state index >= 15 is 0 Å². The van der Waals surface area contributed by atoms with Crippen molar-refractivity contribution in [3.05, 3.63) is 58.1 Å². The third-order valence-electron chi connectivity index (χ3n) is 3.32. The first-order valence-electron chi connectivity index (χ1n) is 6.84. The minimum absolute atomic E-state index is 0.210. The molecule has 7 nitrogen and oxygen atoms in total.